The van der Waals surface area contributed by atoms with Gasteiger partial charge < -0.3 is 14.9 Å². The monoisotopic (exact) mass is 537 g/mol. The lowest BCUT2D eigenvalue weighted by molar-refractivity contribution is -0.197. The van der Waals surface area contributed by atoms with Gasteiger partial charge in [-0.1, -0.05) is 32.9 Å². The number of rotatable bonds is 12. The molecule has 1 aromatic carbocycles. The van der Waals surface area contributed by atoms with Crippen molar-refractivity contribution in [1.82, 2.24) is 9.97 Å². The number of hydrogen-bond donors (Lipinski definition) is 2. The molecular formula is C26H36FN3O6S. The first-order chi connectivity index (χ1) is 17.0. The molecular weight excluding hydrogens is 501 g/mol. The second kappa shape index (κ2) is 12.1. The van der Waals surface area contributed by atoms with Crippen molar-refractivity contribution in [1.29, 1.82) is 0 Å². The summed E-state index contributed by atoms with van der Waals surface area (Å²) in [5.41, 5.74) is 2.06. The molecule has 0 aliphatic carbocycles. The molecule has 37 heavy (non-hydrogen) atoms. The van der Waals surface area contributed by atoms with Crippen LogP contribution in [0.1, 0.15) is 64.6 Å². The van der Waals surface area contributed by atoms with Crippen LogP contribution in [0.2, 0.25) is 0 Å². The predicted octanol–water partition coefficient (Wildman–Crippen LogP) is 4.43. The van der Waals surface area contributed by atoms with Gasteiger partial charge in [0.15, 0.2) is 5.79 Å². The summed E-state index contributed by atoms with van der Waals surface area (Å²) in [7, 11) is -2.29. The van der Waals surface area contributed by atoms with Crippen LogP contribution in [0.25, 0.3) is 17.3 Å². The average molecular weight is 538 g/mol. The van der Waals surface area contributed by atoms with E-state index in [0.29, 0.717) is 28.9 Å². The largest absolute Gasteiger partial charge is 0.481 e. The van der Waals surface area contributed by atoms with Crippen molar-refractivity contribution in [2.45, 2.75) is 65.3 Å². The zero-order valence-electron chi connectivity index (χ0n) is 22.3. The standard InChI is InChI=1S/C26H36FN3O6S/c1-16(2)23-21(13-12-20(36-26(4,5)33)14-17(3)15-22(31)32)24(18-8-10-19(27)11-9-18)29-25(28-23)30(6)37(7,34)35/h8-13,16-17,20,33H,14-15H2,1-7H3,(H,31,32)/b13-12+/t17-,20-/m1/s1. The summed E-state index contributed by atoms with van der Waals surface area (Å²) >= 11 is 0. The number of anilines is 1. The minimum Gasteiger partial charge on any atom is -0.481 e. The van der Waals surface area contributed by atoms with Gasteiger partial charge in [-0.3, -0.25) is 4.79 Å². The van der Waals surface area contributed by atoms with Crippen molar-refractivity contribution >= 4 is 28.0 Å². The van der Waals surface area contributed by atoms with E-state index in [4.69, 9.17) is 9.84 Å². The van der Waals surface area contributed by atoms with Gasteiger partial charge in [-0.25, -0.2) is 27.1 Å². The Morgan fingerprint density at radius 2 is 1.78 bits per heavy atom. The maximum absolute atomic E-state index is 13.7. The Kier molecular flexibility index (Phi) is 9.92. The lowest BCUT2D eigenvalue weighted by Crippen LogP contribution is -2.30. The highest BCUT2D eigenvalue weighted by atomic mass is 32.2. The molecule has 0 radical (unpaired) electrons. The summed E-state index contributed by atoms with van der Waals surface area (Å²) in [4.78, 5) is 20.2. The zero-order chi connectivity index (χ0) is 28.1. The van der Waals surface area contributed by atoms with Crippen molar-refractivity contribution in [2.24, 2.45) is 5.92 Å². The number of aliphatic carboxylic acids is 1. The van der Waals surface area contributed by atoms with E-state index in [0.717, 1.165) is 10.6 Å². The van der Waals surface area contributed by atoms with E-state index >= 15 is 0 Å². The third-order valence-electron chi connectivity index (χ3n) is 5.48. The number of carboxylic acid groups (broad SMARTS) is 1. The van der Waals surface area contributed by atoms with Crippen molar-refractivity contribution in [2.75, 3.05) is 17.6 Å². The van der Waals surface area contributed by atoms with Crippen LogP contribution in [0, 0.1) is 11.7 Å². The topological polar surface area (TPSA) is 130 Å². The normalized spacial score (nSPS) is 14.2. The fourth-order valence-corrected chi connectivity index (χ4v) is 4.09. The summed E-state index contributed by atoms with van der Waals surface area (Å²) < 4.78 is 44.9. The molecule has 0 spiro atoms. The van der Waals surface area contributed by atoms with Gasteiger partial charge in [0.1, 0.15) is 5.82 Å². The number of carbonyl (C=O) groups is 1. The van der Waals surface area contributed by atoms with E-state index in [1.165, 1.54) is 33.0 Å². The van der Waals surface area contributed by atoms with E-state index < -0.39 is 33.7 Å². The molecule has 0 bridgehead atoms. The fourth-order valence-electron chi connectivity index (χ4n) is 3.71. The first-order valence-electron chi connectivity index (χ1n) is 11.9. The Hall–Kier alpha value is -2.89. The van der Waals surface area contributed by atoms with Crippen LogP contribution >= 0.6 is 0 Å². The number of benzene rings is 1. The van der Waals surface area contributed by atoms with E-state index in [2.05, 4.69) is 9.97 Å². The first-order valence-corrected chi connectivity index (χ1v) is 13.7. The lowest BCUT2D eigenvalue weighted by atomic mass is 9.96. The summed E-state index contributed by atoms with van der Waals surface area (Å²) in [5.74, 6) is -3.25. The minimum atomic E-state index is -3.65. The van der Waals surface area contributed by atoms with E-state index in [1.54, 1.807) is 31.2 Å². The van der Waals surface area contributed by atoms with Crippen LogP contribution in [0.4, 0.5) is 10.3 Å². The number of aromatic nitrogens is 2. The van der Waals surface area contributed by atoms with Crippen LogP contribution < -0.4 is 4.31 Å². The minimum absolute atomic E-state index is 0.0259. The highest BCUT2D eigenvalue weighted by Gasteiger charge is 2.24. The number of hydrogen-bond acceptors (Lipinski definition) is 7. The molecule has 204 valence electrons. The Labute approximate surface area is 218 Å². The molecule has 2 rings (SSSR count). The van der Waals surface area contributed by atoms with Gasteiger partial charge in [0.25, 0.3) is 0 Å². The van der Waals surface area contributed by atoms with Gasteiger partial charge in [0.05, 0.1) is 23.7 Å². The van der Waals surface area contributed by atoms with Gasteiger partial charge in [0.2, 0.25) is 16.0 Å². The van der Waals surface area contributed by atoms with Crippen LogP contribution in [0.3, 0.4) is 0 Å². The molecule has 0 amide bonds. The van der Waals surface area contributed by atoms with Crippen molar-refractivity contribution in [3.63, 3.8) is 0 Å². The summed E-state index contributed by atoms with van der Waals surface area (Å²) in [5, 5.41) is 19.4. The number of halogens is 1. The Morgan fingerprint density at radius 3 is 2.27 bits per heavy atom. The SMILES string of the molecule is CC(C)c1nc(N(C)S(C)(=O)=O)nc(-c2ccc(F)cc2)c1/C=C/[C@H](C[C@@H](C)CC(=O)O)OC(C)(C)O. The molecule has 0 unspecified atom stereocenters. The summed E-state index contributed by atoms with van der Waals surface area (Å²) in [6.45, 7) is 8.55. The first kappa shape index (κ1) is 30.3. The summed E-state index contributed by atoms with van der Waals surface area (Å²) in [6.07, 6.45) is 4.09. The van der Waals surface area contributed by atoms with Crippen LogP contribution in [-0.2, 0) is 19.6 Å². The summed E-state index contributed by atoms with van der Waals surface area (Å²) in [6, 6.07) is 5.66. The number of ether oxygens (including phenoxy) is 1. The van der Waals surface area contributed by atoms with E-state index in [9.17, 15) is 22.7 Å². The zero-order valence-corrected chi connectivity index (χ0v) is 23.1. The molecule has 9 nitrogen and oxygen atoms in total. The Bertz CT molecular complexity index is 1220. The Balaban J connectivity index is 2.71. The van der Waals surface area contributed by atoms with E-state index in [1.807, 2.05) is 13.8 Å². The van der Waals surface area contributed by atoms with Crippen molar-refractivity contribution in [3.8, 4) is 11.3 Å². The molecule has 2 N–H and O–H groups in total. The molecule has 0 aliphatic heterocycles. The van der Waals surface area contributed by atoms with E-state index in [-0.39, 0.29) is 24.2 Å². The highest BCUT2D eigenvalue weighted by molar-refractivity contribution is 7.92. The molecule has 11 heteroatoms. The van der Waals surface area contributed by atoms with Crippen LogP contribution in [0.5, 0.6) is 0 Å². The van der Waals surface area contributed by atoms with Gasteiger partial charge in [-0.2, -0.15) is 0 Å². The maximum Gasteiger partial charge on any atom is 0.303 e. The van der Waals surface area contributed by atoms with Crippen molar-refractivity contribution < 1.29 is 32.6 Å². The molecule has 0 saturated heterocycles. The smallest absolute Gasteiger partial charge is 0.303 e. The number of aliphatic hydroxyl groups is 1. The van der Waals surface area contributed by atoms with Crippen molar-refractivity contribution in [3.05, 3.63) is 47.4 Å². The quantitative estimate of drug-likeness (QED) is 0.380. The fraction of sp³-hybridized carbons (Fsp3) is 0.500. The third-order valence-corrected chi connectivity index (χ3v) is 6.64. The Morgan fingerprint density at radius 1 is 1.19 bits per heavy atom. The molecule has 0 saturated carbocycles. The maximum atomic E-state index is 13.7. The second-order valence-corrected chi connectivity index (χ2v) is 12.0. The predicted molar refractivity (Wildman–Crippen MR) is 141 cm³/mol. The van der Waals surface area contributed by atoms with Crippen LogP contribution in [-0.4, -0.2) is 59.8 Å². The number of sulfonamides is 1. The van der Waals surface area contributed by atoms with Gasteiger partial charge >= 0.3 is 5.97 Å². The molecule has 2 aromatic rings. The highest BCUT2D eigenvalue weighted by Crippen LogP contribution is 2.32. The molecule has 1 heterocycles. The molecule has 0 fully saturated rings. The van der Waals surface area contributed by atoms with Crippen LogP contribution in [0.15, 0.2) is 30.3 Å². The number of nitrogens with zero attached hydrogens (tertiary/aromatic N) is 3. The molecule has 1 aromatic heterocycles. The van der Waals surface area contributed by atoms with Gasteiger partial charge in [-0.05, 0) is 56.4 Å². The molecule has 0 aliphatic rings. The van der Waals surface area contributed by atoms with Gasteiger partial charge in [-0.15, -0.1) is 0 Å². The third kappa shape index (κ3) is 9.17. The second-order valence-electron chi connectivity index (χ2n) is 9.96. The lowest BCUT2D eigenvalue weighted by Gasteiger charge is -2.26. The number of carboxylic acids is 1. The molecule has 2 atom stereocenters. The average Bonchev–Trinajstić information content (AvgIpc) is 2.74. The van der Waals surface area contributed by atoms with Gasteiger partial charge in [0, 0.05) is 24.6 Å².